The van der Waals surface area contributed by atoms with Gasteiger partial charge in [-0.05, 0) is 61.2 Å². The molecular weight excluding hydrogens is 180 g/mol. The molecule has 0 heteroatoms. The van der Waals surface area contributed by atoms with Crippen LogP contribution in [0.2, 0.25) is 0 Å². The quantitative estimate of drug-likeness (QED) is 0.559. The summed E-state index contributed by atoms with van der Waals surface area (Å²) in [4.78, 5) is 0. The minimum Gasteiger partial charge on any atom is -0.0850 e. The number of hydrogen-bond donors (Lipinski definition) is 0. The van der Waals surface area contributed by atoms with E-state index in [9.17, 15) is 0 Å². The van der Waals surface area contributed by atoms with Gasteiger partial charge in [-0.25, -0.2) is 0 Å². The molecule has 2 saturated carbocycles. The van der Waals surface area contributed by atoms with Crippen molar-refractivity contribution in [2.75, 3.05) is 0 Å². The first-order valence-corrected chi connectivity index (χ1v) is 6.72. The van der Waals surface area contributed by atoms with Crippen LogP contribution in [-0.2, 0) is 0 Å². The third-order valence-electron chi connectivity index (χ3n) is 5.96. The molecule has 0 aromatic rings. The molecule has 2 unspecified atom stereocenters. The van der Waals surface area contributed by atoms with Crippen LogP contribution in [0.4, 0.5) is 0 Å². The SMILES string of the molecule is CC1=CC[C@@H]2C3C1[C@@]2(C)CC[C@H]3C(C)C. The van der Waals surface area contributed by atoms with Crippen LogP contribution in [0.3, 0.4) is 0 Å². The predicted octanol–water partition coefficient (Wildman–Crippen LogP) is 4.27. The summed E-state index contributed by atoms with van der Waals surface area (Å²) in [6, 6.07) is 0. The predicted molar refractivity (Wildman–Crippen MR) is 64.5 cm³/mol. The smallest absolute Gasteiger partial charge is 0.0115 e. The Labute approximate surface area is 94.1 Å². The van der Waals surface area contributed by atoms with Gasteiger partial charge in [0.2, 0.25) is 0 Å². The average Bonchev–Trinajstić information content (AvgIpc) is 2.17. The fourth-order valence-corrected chi connectivity index (χ4v) is 5.25. The lowest BCUT2D eigenvalue weighted by atomic mass is 9.34. The van der Waals surface area contributed by atoms with Crippen LogP contribution in [0.15, 0.2) is 11.6 Å². The molecule has 0 nitrogen and oxygen atoms in total. The third-order valence-corrected chi connectivity index (χ3v) is 5.96. The van der Waals surface area contributed by atoms with Crippen molar-refractivity contribution < 1.29 is 0 Å². The second kappa shape index (κ2) is 2.90. The van der Waals surface area contributed by atoms with Gasteiger partial charge in [0, 0.05) is 0 Å². The van der Waals surface area contributed by atoms with E-state index < -0.39 is 0 Å². The molecule has 0 aromatic carbocycles. The van der Waals surface area contributed by atoms with E-state index in [-0.39, 0.29) is 0 Å². The normalized spacial score (nSPS) is 52.5. The first-order valence-electron chi connectivity index (χ1n) is 6.72. The second-order valence-electron chi connectivity index (χ2n) is 6.80. The van der Waals surface area contributed by atoms with E-state index in [2.05, 4.69) is 33.8 Å². The van der Waals surface area contributed by atoms with Crippen molar-refractivity contribution in [1.82, 2.24) is 0 Å². The molecule has 0 spiro atoms. The summed E-state index contributed by atoms with van der Waals surface area (Å²) in [5.41, 5.74) is 2.42. The zero-order chi connectivity index (χ0) is 10.8. The molecule has 0 amide bonds. The molecule has 4 rings (SSSR count). The van der Waals surface area contributed by atoms with E-state index >= 15 is 0 Å². The van der Waals surface area contributed by atoms with Gasteiger partial charge in [-0.15, -0.1) is 0 Å². The molecule has 0 saturated heterocycles. The maximum absolute atomic E-state index is 2.56. The monoisotopic (exact) mass is 204 g/mol. The van der Waals surface area contributed by atoms with Crippen molar-refractivity contribution >= 4 is 0 Å². The van der Waals surface area contributed by atoms with Crippen molar-refractivity contribution in [3.63, 3.8) is 0 Å². The topological polar surface area (TPSA) is 0 Å². The number of allylic oxidation sites excluding steroid dienone is 2. The molecule has 2 fully saturated rings. The zero-order valence-corrected chi connectivity index (χ0v) is 10.6. The van der Waals surface area contributed by atoms with Gasteiger partial charge in [0.15, 0.2) is 0 Å². The van der Waals surface area contributed by atoms with Gasteiger partial charge in [-0.3, -0.25) is 0 Å². The Kier molecular flexibility index (Phi) is 1.92. The molecule has 0 aliphatic heterocycles. The van der Waals surface area contributed by atoms with Crippen LogP contribution in [0, 0.1) is 35.0 Å². The molecule has 0 aromatic heterocycles. The largest absolute Gasteiger partial charge is 0.0850 e. The Morgan fingerprint density at radius 3 is 2.73 bits per heavy atom. The highest BCUT2D eigenvalue weighted by Crippen LogP contribution is 2.71. The number of rotatable bonds is 1. The lowest BCUT2D eigenvalue weighted by Crippen LogP contribution is -2.63. The Morgan fingerprint density at radius 2 is 2.13 bits per heavy atom. The third kappa shape index (κ3) is 1.04. The van der Waals surface area contributed by atoms with Gasteiger partial charge in [-0.1, -0.05) is 32.4 Å². The van der Waals surface area contributed by atoms with E-state index in [1.165, 1.54) is 19.3 Å². The molecule has 15 heavy (non-hydrogen) atoms. The second-order valence-corrected chi connectivity index (χ2v) is 6.80. The van der Waals surface area contributed by atoms with E-state index in [1.807, 2.05) is 0 Å². The van der Waals surface area contributed by atoms with Crippen LogP contribution in [0.25, 0.3) is 0 Å². The zero-order valence-electron chi connectivity index (χ0n) is 10.6. The fourth-order valence-electron chi connectivity index (χ4n) is 5.25. The van der Waals surface area contributed by atoms with Crippen LogP contribution in [0.1, 0.15) is 47.0 Å². The Bertz CT molecular complexity index is 312. The van der Waals surface area contributed by atoms with Crippen LogP contribution in [0.5, 0.6) is 0 Å². The number of fused-ring (bicyclic) bond motifs is 1. The van der Waals surface area contributed by atoms with Crippen molar-refractivity contribution in [1.29, 1.82) is 0 Å². The highest BCUT2D eigenvalue weighted by atomic mass is 14.7. The molecule has 0 radical (unpaired) electrons. The van der Waals surface area contributed by atoms with Crippen LogP contribution >= 0.6 is 0 Å². The average molecular weight is 204 g/mol. The number of hydrogen-bond acceptors (Lipinski definition) is 0. The van der Waals surface area contributed by atoms with Crippen LogP contribution in [-0.4, -0.2) is 0 Å². The summed E-state index contributed by atoms with van der Waals surface area (Å²) in [5.74, 6) is 4.96. The van der Waals surface area contributed by atoms with Crippen molar-refractivity contribution in [2.24, 2.45) is 35.0 Å². The van der Waals surface area contributed by atoms with Crippen molar-refractivity contribution in [2.45, 2.75) is 47.0 Å². The molecular formula is C15H24. The Hall–Kier alpha value is -0.260. The Morgan fingerprint density at radius 1 is 1.40 bits per heavy atom. The first kappa shape index (κ1) is 9.93. The van der Waals surface area contributed by atoms with E-state index in [0.717, 1.165) is 29.6 Å². The Balaban J connectivity index is 1.95. The lowest BCUT2D eigenvalue weighted by Gasteiger charge is -2.70. The van der Waals surface area contributed by atoms with E-state index in [4.69, 9.17) is 0 Å². The fraction of sp³-hybridized carbons (Fsp3) is 0.867. The summed E-state index contributed by atoms with van der Waals surface area (Å²) >= 11 is 0. The minimum absolute atomic E-state index is 0.703. The van der Waals surface area contributed by atoms with Crippen LogP contribution < -0.4 is 0 Å². The molecule has 84 valence electrons. The summed E-state index contributed by atoms with van der Waals surface area (Å²) < 4.78 is 0. The van der Waals surface area contributed by atoms with Gasteiger partial charge >= 0.3 is 0 Å². The maximum atomic E-state index is 2.56. The first-order chi connectivity index (χ1) is 7.05. The summed E-state index contributed by atoms with van der Waals surface area (Å²) in [6.45, 7) is 9.81. The molecule has 0 N–H and O–H groups in total. The lowest BCUT2D eigenvalue weighted by molar-refractivity contribution is -0.181. The molecule has 5 atom stereocenters. The summed E-state index contributed by atoms with van der Waals surface area (Å²) in [7, 11) is 0. The molecule has 4 bridgehead atoms. The van der Waals surface area contributed by atoms with E-state index in [0.29, 0.717) is 5.41 Å². The van der Waals surface area contributed by atoms with Crippen molar-refractivity contribution in [3.05, 3.63) is 11.6 Å². The standard InChI is InChI=1S/C15H24/c1-9(2)11-7-8-15(4)12-6-5-10(3)14(15)13(11)12/h5,9,11-14H,6-8H2,1-4H3/t11-,12+,13?,14?,15-/m0/s1. The molecule has 0 heterocycles. The summed E-state index contributed by atoms with van der Waals surface area (Å²) in [6.07, 6.45) is 6.90. The highest BCUT2D eigenvalue weighted by Gasteiger charge is 2.64. The molecule has 4 aliphatic carbocycles. The minimum atomic E-state index is 0.703. The highest BCUT2D eigenvalue weighted by molar-refractivity contribution is 5.28. The summed E-state index contributed by atoms with van der Waals surface area (Å²) in [5, 5.41) is 0. The van der Waals surface area contributed by atoms with Gasteiger partial charge in [0.1, 0.15) is 0 Å². The van der Waals surface area contributed by atoms with Crippen molar-refractivity contribution in [3.8, 4) is 0 Å². The van der Waals surface area contributed by atoms with Gasteiger partial charge in [-0.2, -0.15) is 0 Å². The van der Waals surface area contributed by atoms with Gasteiger partial charge in [0.25, 0.3) is 0 Å². The van der Waals surface area contributed by atoms with Gasteiger partial charge < -0.3 is 0 Å². The maximum Gasteiger partial charge on any atom is -0.0115 e. The van der Waals surface area contributed by atoms with Gasteiger partial charge in [0.05, 0.1) is 0 Å². The molecule has 4 aliphatic rings. The van der Waals surface area contributed by atoms with E-state index in [1.54, 1.807) is 5.57 Å².